The summed E-state index contributed by atoms with van der Waals surface area (Å²) in [5.74, 6) is -0.208. The Morgan fingerprint density at radius 2 is 1.82 bits per heavy atom. The molecule has 1 aliphatic rings. The molecule has 1 saturated heterocycles. The van der Waals surface area contributed by atoms with Gasteiger partial charge in [0.25, 0.3) is 0 Å². The highest BCUT2D eigenvalue weighted by Gasteiger charge is 2.30. The molecule has 0 atom stereocenters. The zero-order valence-electron chi connectivity index (χ0n) is 15.3. The molecule has 1 fully saturated rings. The molecule has 0 bridgehead atoms. The number of hydrogen-bond donors (Lipinski definition) is 2. The molecular weight excluding hydrogens is 371 g/mol. The molecule has 2 N–H and O–H groups in total. The van der Waals surface area contributed by atoms with E-state index in [1.54, 1.807) is 6.07 Å². The number of halogens is 3. The highest BCUT2D eigenvalue weighted by Crippen LogP contribution is 2.30. The third-order valence-corrected chi connectivity index (χ3v) is 4.40. The molecule has 3 rings (SSSR count). The maximum atomic E-state index is 12.7. The van der Waals surface area contributed by atoms with Gasteiger partial charge in [-0.25, -0.2) is 0 Å². The summed E-state index contributed by atoms with van der Waals surface area (Å²) in [7, 11) is 0. The molecule has 0 aliphatic carbocycles. The second-order valence-corrected chi connectivity index (χ2v) is 6.42. The highest BCUT2D eigenvalue weighted by atomic mass is 19.4. The number of hydrogen-bond acceptors (Lipinski definition) is 4. The third-order valence-electron chi connectivity index (χ3n) is 4.40. The number of anilines is 3. The molecule has 5 nitrogen and oxygen atoms in total. The van der Waals surface area contributed by atoms with Crippen LogP contribution in [0.1, 0.15) is 12.0 Å². The van der Waals surface area contributed by atoms with Gasteiger partial charge in [0.15, 0.2) is 0 Å². The monoisotopic (exact) mass is 393 g/mol. The van der Waals surface area contributed by atoms with E-state index in [2.05, 4.69) is 15.5 Å². The van der Waals surface area contributed by atoms with Crippen molar-refractivity contribution in [1.29, 1.82) is 0 Å². The number of alkyl halides is 3. The van der Waals surface area contributed by atoms with Gasteiger partial charge in [-0.3, -0.25) is 4.79 Å². The van der Waals surface area contributed by atoms with E-state index in [0.717, 1.165) is 30.9 Å². The molecule has 1 heterocycles. The van der Waals surface area contributed by atoms with Crippen LogP contribution in [-0.4, -0.2) is 38.8 Å². The van der Waals surface area contributed by atoms with E-state index in [9.17, 15) is 18.0 Å². The van der Waals surface area contributed by atoms with Crippen LogP contribution in [0.4, 0.5) is 30.2 Å². The minimum Gasteiger partial charge on any atom is -0.385 e. The van der Waals surface area contributed by atoms with Crippen molar-refractivity contribution in [3.8, 4) is 0 Å². The van der Waals surface area contributed by atoms with Crippen LogP contribution in [-0.2, 0) is 15.7 Å². The Balaban J connectivity index is 1.54. The molecule has 0 aromatic heterocycles. The van der Waals surface area contributed by atoms with E-state index in [-0.39, 0.29) is 18.9 Å². The van der Waals surface area contributed by atoms with Crippen LogP contribution in [0.25, 0.3) is 0 Å². The molecule has 8 heteroatoms. The van der Waals surface area contributed by atoms with E-state index in [4.69, 9.17) is 4.74 Å². The van der Waals surface area contributed by atoms with Gasteiger partial charge in [-0.2, -0.15) is 13.2 Å². The summed E-state index contributed by atoms with van der Waals surface area (Å²) in [6.45, 7) is 3.02. The number of carbonyl (C=O) groups excluding carboxylic acids is 1. The van der Waals surface area contributed by atoms with Gasteiger partial charge in [0.05, 0.1) is 30.2 Å². The third kappa shape index (κ3) is 5.39. The summed E-state index contributed by atoms with van der Waals surface area (Å²) in [4.78, 5) is 14.4. The zero-order valence-corrected chi connectivity index (χ0v) is 15.3. The lowest BCUT2D eigenvalue weighted by Crippen LogP contribution is -2.36. The fourth-order valence-electron chi connectivity index (χ4n) is 3.00. The molecule has 150 valence electrons. The first-order valence-electron chi connectivity index (χ1n) is 9.06. The Morgan fingerprint density at radius 1 is 1.07 bits per heavy atom. The Kier molecular flexibility index (Phi) is 6.41. The van der Waals surface area contributed by atoms with Crippen LogP contribution in [0.3, 0.4) is 0 Å². The van der Waals surface area contributed by atoms with Gasteiger partial charge in [-0.15, -0.1) is 0 Å². The summed E-state index contributed by atoms with van der Waals surface area (Å²) < 4.78 is 43.6. The summed E-state index contributed by atoms with van der Waals surface area (Å²) in [5.41, 5.74) is 1.26. The Labute approximate surface area is 161 Å². The van der Waals surface area contributed by atoms with Crippen molar-refractivity contribution < 1.29 is 22.7 Å². The van der Waals surface area contributed by atoms with Crippen molar-refractivity contribution in [2.24, 2.45) is 0 Å². The molecule has 0 saturated carbocycles. The van der Waals surface area contributed by atoms with Crippen LogP contribution in [0.2, 0.25) is 0 Å². The van der Waals surface area contributed by atoms with Crippen LogP contribution in [0.5, 0.6) is 0 Å². The quantitative estimate of drug-likeness (QED) is 0.780. The van der Waals surface area contributed by atoms with Crippen LogP contribution >= 0.6 is 0 Å². The molecule has 1 amide bonds. The Morgan fingerprint density at radius 3 is 2.57 bits per heavy atom. The van der Waals surface area contributed by atoms with E-state index >= 15 is 0 Å². The van der Waals surface area contributed by atoms with Gasteiger partial charge in [0, 0.05) is 31.7 Å². The van der Waals surface area contributed by atoms with Crippen LogP contribution in [0.15, 0.2) is 48.5 Å². The normalized spacial score (nSPS) is 14.6. The standard InChI is InChI=1S/C20H22F3N3O2/c21-20(22,23)15-4-3-5-16(14-15)24-9-8-19(27)25-17-6-1-2-7-18(17)26-10-12-28-13-11-26/h1-7,14,24H,8-13H2,(H,25,27). The molecule has 1 aliphatic heterocycles. The van der Waals surface area contributed by atoms with Gasteiger partial charge < -0.3 is 20.3 Å². The molecule has 28 heavy (non-hydrogen) atoms. The minimum absolute atomic E-state index is 0.133. The van der Waals surface area contributed by atoms with Gasteiger partial charge in [0.1, 0.15) is 0 Å². The van der Waals surface area contributed by atoms with Crippen molar-refractivity contribution >= 4 is 23.0 Å². The lowest BCUT2D eigenvalue weighted by atomic mass is 10.2. The maximum Gasteiger partial charge on any atom is 0.416 e. The molecule has 2 aromatic rings. The first kappa shape index (κ1) is 20.0. The van der Waals surface area contributed by atoms with Gasteiger partial charge >= 0.3 is 6.18 Å². The summed E-state index contributed by atoms with van der Waals surface area (Å²) in [5, 5.41) is 5.75. The van der Waals surface area contributed by atoms with Gasteiger partial charge in [-0.1, -0.05) is 18.2 Å². The first-order chi connectivity index (χ1) is 13.4. The number of morpholine rings is 1. The Bertz CT molecular complexity index is 805. The fraction of sp³-hybridized carbons (Fsp3) is 0.350. The van der Waals surface area contributed by atoms with Crippen molar-refractivity contribution in [3.63, 3.8) is 0 Å². The largest absolute Gasteiger partial charge is 0.416 e. The number of nitrogens with zero attached hydrogens (tertiary/aromatic N) is 1. The van der Waals surface area contributed by atoms with Crippen LogP contribution < -0.4 is 15.5 Å². The zero-order chi connectivity index (χ0) is 20.0. The summed E-state index contributed by atoms with van der Waals surface area (Å²) >= 11 is 0. The van der Waals surface area contributed by atoms with Crippen LogP contribution in [0, 0.1) is 0 Å². The Hall–Kier alpha value is -2.74. The van der Waals surface area contributed by atoms with Crippen molar-refractivity contribution in [1.82, 2.24) is 0 Å². The second-order valence-electron chi connectivity index (χ2n) is 6.42. The lowest BCUT2D eigenvalue weighted by Gasteiger charge is -2.30. The molecule has 2 aromatic carbocycles. The highest BCUT2D eigenvalue weighted by molar-refractivity contribution is 5.94. The van der Waals surface area contributed by atoms with Gasteiger partial charge in [0.2, 0.25) is 5.91 Å². The molecule has 0 unspecified atom stereocenters. The maximum absolute atomic E-state index is 12.7. The lowest BCUT2D eigenvalue weighted by molar-refractivity contribution is -0.137. The number of carbonyl (C=O) groups is 1. The predicted octanol–water partition coefficient (Wildman–Crippen LogP) is 3.98. The summed E-state index contributed by atoms with van der Waals surface area (Å²) in [6.07, 6.45) is -4.26. The van der Waals surface area contributed by atoms with Crippen molar-refractivity contribution in [3.05, 3.63) is 54.1 Å². The van der Waals surface area contributed by atoms with E-state index in [0.29, 0.717) is 24.6 Å². The van der Waals surface area contributed by atoms with Crippen molar-refractivity contribution in [2.75, 3.05) is 48.4 Å². The minimum atomic E-state index is -4.39. The SMILES string of the molecule is O=C(CCNc1cccc(C(F)(F)F)c1)Nc1ccccc1N1CCOCC1. The number of amides is 1. The van der Waals surface area contributed by atoms with E-state index < -0.39 is 11.7 Å². The summed E-state index contributed by atoms with van der Waals surface area (Å²) in [6, 6.07) is 12.5. The first-order valence-corrected chi connectivity index (χ1v) is 9.06. The number of ether oxygens (including phenoxy) is 1. The molecular formula is C20H22F3N3O2. The number of rotatable bonds is 6. The smallest absolute Gasteiger partial charge is 0.385 e. The number of benzene rings is 2. The van der Waals surface area contributed by atoms with E-state index in [1.807, 2.05) is 24.3 Å². The molecule has 0 radical (unpaired) electrons. The number of para-hydroxylation sites is 2. The second kappa shape index (κ2) is 8.97. The molecule has 0 spiro atoms. The average Bonchev–Trinajstić information content (AvgIpc) is 2.69. The predicted molar refractivity (Wildman–Crippen MR) is 103 cm³/mol. The topological polar surface area (TPSA) is 53.6 Å². The fourth-order valence-corrected chi connectivity index (χ4v) is 3.00. The number of nitrogens with one attached hydrogen (secondary N) is 2. The van der Waals surface area contributed by atoms with E-state index in [1.165, 1.54) is 6.07 Å². The van der Waals surface area contributed by atoms with Gasteiger partial charge in [-0.05, 0) is 30.3 Å². The average molecular weight is 393 g/mol. The van der Waals surface area contributed by atoms with Crippen molar-refractivity contribution in [2.45, 2.75) is 12.6 Å².